The van der Waals surface area contributed by atoms with Crippen molar-refractivity contribution in [2.45, 2.75) is 146 Å². The Morgan fingerprint density at radius 3 is 1.89 bits per heavy atom. The first-order valence-electron chi connectivity index (χ1n) is 17.4. The van der Waals surface area contributed by atoms with E-state index < -0.39 is 8.07 Å². The van der Waals surface area contributed by atoms with Gasteiger partial charge in [0.25, 0.3) is 0 Å². The molecular weight excluding hydrogens is 513 g/mol. The monoisotopic (exact) mass is 574 g/mol. The van der Waals surface area contributed by atoms with Crippen molar-refractivity contribution in [2.75, 3.05) is 5.75 Å². The van der Waals surface area contributed by atoms with Gasteiger partial charge in [0.05, 0.1) is 8.07 Å². The summed E-state index contributed by atoms with van der Waals surface area (Å²) in [6, 6.07) is 0. The molecule has 6 aliphatic rings. The first-order valence-corrected chi connectivity index (χ1v) is 22.5. The zero-order valence-electron chi connectivity index (χ0n) is 26.3. The van der Waals surface area contributed by atoms with Crippen LogP contribution in [0.4, 0.5) is 0 Å². The van der Waals surface area contributed by atoms with Gasteiger partial charge in [-0.1, -0.05) is 93.2 Å². The number of fused-ring (bicyclic) bond motifs is 2. The second-order valence-electron chi connectivity index (χ2n) is 16.8. The SMILES string of the molecule is CC(C)C1CC2C(C3CCCCC3C)CSC2C1[Si](C)(C)C1C(C)CC2C1SC(C)C2C1CCCCC1C. The highest BCUT2D eigenvalue weighted by Crippen LogP contribution is 2.69. The molecule has 0 radical (unpaired) electrons. The number of hydrogen-bond acceptors (Lipinski definition) is 2. The van der Waals surface area contributed by atoms with Gasteiger partial charge in [0.15, 0.2) is 0 Å². The normalized spacial score (nSPS) is 53.4. The van der Waals surface area contributed by atoms with Crippen LogP contribution in [0.5, 0.6) is 0 Å². The summed E-state index contributed by atoms with van der Waals surface area (Å²) < 4.78 is 0. The third-order valence-corrected chi connectivity index (χ3v) is 23.2. The first kappa shape index (κ1) is 29.0. The molecule has 0 amide bonds. The van der Waals surface area contributed by atoms with Crippen LogP contribution >= 0.6 is 23.5 Å². The van der Waals surface area contributed by atoms with E-state index in [-0.39, 0.29) is 0 Å². The van der Waals surface area contributed by atoms with Crippen LogP contribution in [0.3, 0.4) is 0 Å². The van der Waals surface area contributed by atoms with E-state index in [1.165, 1.54) is 44.3 Å². The summed E-state index contributed by atoms with van der Waals surface area (Å²) in [6.07, 6.45) is 15.3. The summed E-state index contributed by atoms with van der Waals surface area (Å²) in [5.74, 6) is 12.5. The molecule has 2 aliphatic heterocycles. The molecule has 218 valence electrons. The highest BCUT2D eigenvalue weighted by Gasteiger charge is 2.64. The summed E-state index contributed by atoms with van der Waals surface area (Å²) in [5.41, 5.74) is 2.12. The molecule has 15 unspecified atom stereocenters. The highest BCUT2D eigenvalue weighted by molar-refractivity contribution is 8.01. The van der Waals surface area contributed by atoms with Gasteiger partial charge >= 0.3 is 0 Å². The zero-order valence-corrected chi connectivity index (χ0v) is 29.0. The molecule has 0 spiro atoms. The Bertz CT molecular complexity index is 825. The predicted molar refractivity (Wildman–Crippen MR) is 175 cm³/mol. The lowest BCUT2D eigenvalue weighted by atomic mass is 9.67. The lowest BCUT2D eigenvalue weighted by Crippen LogP contribution is -2.48. The van der Waals surface area contributed by atoms with Crippen LogP contribution in [0.1, 0.15) is 106 Å². The Balaban J connectivity index is 1.26. The Morgan fingerprint density at radius 2 is 1.26 bits per heavy atom. The quantitative estimate of drug-likeness (QED) is 0.299. The van der Waals surface area contributed by atoms with E-state index in [9.17, 15) is 0 Å². The number of thioether (sulfide) groups is 2. The van der Waals surface area contributed by atoms with Crippen LogP contribution in [0.25, 0.3) is 0 Å². The Labute approximate surface area is 247 Å². The van der Waals surface area contributed by atoms with E-state index >= 15 is 0 Å². The van der Waals surface area contributed by atoms with Crippen molar-refractivity contribution in [3.05, 3.63) is 0 Å². The van der Waals surface area contributed by atoms with E-state index in [2.05, 4.69) is 78.2 Å². The van der Waals surface area contributed by atoms with Gasteiger partial charge in [-0.25, -0.2) is 0 Å². The van der Waals surface area contributed by atoms with E-state index in [1.807, 2.05) is 0 Å². The molecule has 15 atom stereocenters. The maximum atomic E-state index is 2.94. The summed E-state index contributed by atoms with van der Waals surface area (Å²) in [6.45, 7) is 21.7. The van der Waals surface area contributed by atoms with Gasteiger partial charge in [-0.3, -0.25) is 0 Å². The Hall–Kier alpha value is 0.917. The summed E-state index contributed by atoms with van der Waals surface area (Å²) in [7, 11) is -1.46. The maximum Gasteiger partial charge on any atom is 0.0564 e. The average Bonchev–Trinajstić information content (AvgIpc) is 3.58. The van der Waals surface area contributed by atoms with Crippen molar-refractivity contribution in [1.29, 1.82) is 0 Å². The third kappa shape index (κ3) is 4.77. The van der Waals surface area contributed by atoms with Gasteiger partial charge in [-0.2, -0.15) is 23.5 Å². The average molecular weight is 575 g/mol. The van der Waals surface area contributed by atoms with Crippen molar-refractivity contribution in [2.24, 2.45) is 65.1 Å². The fraction of sp³-hybridized carbons (Fsp3) is 1.00. The maximum absolute atomic E-state index is 2.94. The first-order chi connectivity index (χ1) is 18.1. The molecule has 2 heterocycles. The summed E-state index contributed by atoms with van der Waals surface area (Å²) >= 11 is 5.03. The third-order valence-electron chi connectivity index (χ3n) is 14.2. The molecule has 0 bridgehead atoms. The molecule has 0 aromatic carbocycles. The number of hydrogen-bond donors (Lipinski definition) is 0. The molecule has 4 aliphatic carbocycles. The molecule has 0 N–H and O–H groups in total. The van der Waals surface area contributed by atoms with Crippen LogP contribution in [-0.4, -0.2) is 29.6 Å². The second kappa shape index (κ2) is 11.2. The fourth-order valence-corrected chi connectivity index (χ4v) is 25.1. The Morgan fingerprint density at radius 1 is 0.632 bits per heavy atom. The van der Waals surface area contributed by atoms with Crippen molar-refractivity contribution < 1.29 is 0 Å². The van der Waals surface area contributed by atoms with Gasteiger partial charge in [0, 0.05) is 15.7 Å². The molecule has 0 nitrogen and oxygen atoms in total. The van der Waals surface area contributed by atoms with E-state index in [1.54, 1.807) is 25.7 Å². The van der Waals surface area contributed by atoms with Gasteiger partial charge in [0.2, 0.25) is 0 Å². The molecule has 38 heavy (non-hydrogen) atoms. The number of rotatable bonds is 5. The molecule has 0 aromatic rings. The van der Waals surface area contributed by atoms with Crippen molar-refractivity contribution in [1.82, 2.24) is 0 Å². The van der Waals surface area contributed by atoms with E-state index in [0.717, 1.165) is 91.9 Å². The van der Waals surface area contributed by atoms with E-state index in [0.29, 0.717) is 0 Å². The smallest absolute Gasteiger partial charge is 0.0564 e. The van der Waals surface area contributed by atoms with Gasteiger partial charge in [-0.05, 0) is 108 Å². The van der Waals surface area contributed by atoms with Crippen LogP contribution in [0.15, 0.2) is 0 Å². The lowest BCUT2D eigenvalue weighted by molar-refractivity contribution is 0.134. The zero-order chi connectivity index (χ0) is 26.9. The van der Waals surface area contributed by atoms with Crippen molar-refractivity contribution in [3.63, 3.8) is 0 Å². The molecule has 6 rings (SSSR count). The largest absolute Gasteiger partial charge is 0.158 e. The van der Waals surface area contributed by atoms with Crippen LogP contribution in [0, 0.1) is 65.1 Å². The lowest BCUT2D eigenvalue weighted by Gasteiger charge is -2.46. The predicted octanol–water partition coefficient (Wildman–Crippen LogP) is 10.9. The molecule has 0 aromatic heterocycles. The van der Waals surface area contributed by atoms with Gasteiger partial charge < -0.3 is 0 Å². The van der Waals surface area contributed by atoms with Gasteiger partial charge in [0.1, 0.15) is 0 Å². The molecular formula is C35H62S2Si. The minimum absolute atomic E-state index is 0.876. The standard InChI is InChI=1S/C35H62S2Si/c1-20(2)27-18-28-30(25-15-11-9-13-21(25)3)19-36-32(28)35(27)38(7,8)34-23(5)17-29-31(24(6)37-33(29)34)26-16-12-10-14-22(26)4/h20-35H,9-19H2,1-8H3. The summed E-state index contributed by atoms with van der Waals surface area (Å²) in [5, 5.41) is 2.91. The highest BCUT2D eigenvalue weighted by atomic mass is 32.2. The van der Waals surface area contributed by atoms with Gasteiger partial charge in [-0.15, -0.1) is 0 Å². The minimum Gasteiger partial charge on any atom is -0.158 e. The van der Waals surface area contributed by atoms with Crippen molar-refractivity contribution >= 4 is 31.6 Å². The fourth-order valence-electron chi connectivity index (χ4n) is 12.7. The molecule has 4 saturated carbocycles. The van der Waals surface area contributed by atoms with Crippen LogP contribution in [0.2, 0.25) is 24.2 Å². The second-order valence-corrected chi connectivity index (χ2v) is 24.5. The Kier molecular flexibility index (Phi) is 8.55. The minimum atomic E-state index is -1.46. The van der Waals surface area contributed by atoms with E-state index in [4.69, 9.17) is 0 Å². The molecule has 2 saturated heterocycles. The van der Waals surface area contributed by atoms with Crippen molar-refractivity contribution in [3.8, 4) is 0 Å². The molecule has 6 fully saturated rings. The molecule has 3 heteroatoms. The topological polar surface area (TPSA) is 0 Å². The van der Waals surface area contributed by atoms with Crippen LogP contribution < -0.4 is 0 Å². The summed E-state index contributed by atoms with van der Waals surface area (Å²) in [4.78, 5) is 0. The van der Waals surface area contributed by atoms with Crippen LogP contribution in [-0.2, 0) is 0 Å².